The number of nitrogens with zero attached hydrogens (tertiary/aromatic N) is 4. The molecule has 0 bridgehead atoms. The number of carbonyl (C=O) groups excluding carboxylic acids is 1. The van der Waals surface area contributed by atoms with Crippen LogP contribution in [0.4, 0.5) is 4.39 Å². The molecule has 1 aromatic carbocycles. The van der Waals surface area contributed by atoms with Gasteiger partial charge in [0.15, 0.2) is 0 Å². The normalized spacial score (nSPS) is 16.7. The van der Waals surface area contributed by atoms with Gasteiger partial charge in [-0.05, 0) is 18.9 Å². The highest BCUT2D eigenvalue weighted by Crippen LogP contribution is 2.24. The Morgan fingerprint density at radius 3 is 2.83 bits per heavy atom. The number of likely N-dealkylation sites (tertiary alicyclic amines) is 1. The Labute approximate surface area is 169 Å². The van der Waals surface area contributed by atoms with Gasteiger partial charge in [0.05, 0.1) is 6.61 Å². The number of hydrogen-bond acceptors (Lipinski definition) is 6. The standard InChI is InChI=1S/C20H28FN5O3/c1-29-13-12-26-15-23-24-18(26)6-9-22-19(27)20(28)7-10-25(11-8-20)14-16-4-2-3-5-17(16)21/h2-5,15,28H,6-14H2,1H3,(H,22,27). The molecule has 9 heteroatoms. The maximum atomic E-state index is 13.8. The quantitative estimate of drug-likeness (QED) is 0.640. The molecule has 1 fully saturated rings. The summed E-state index contributed by atoms with van der Waals surface area (Å²) >= 11 is 0. The average molecular weight is 405 g/mol. The van der Waals surface area contributed by atoms with Crippen molar-refractivity contribution in [2.45, 2.75) is 38.0 Å². The van der Waals surface area contributed by atoms with Gasteiger partial charge in [0, 0.05) is 51.8 Å². The Hall–Kier alpha value is -2.36. The van der Waals surface area contributed by atoms with E-state index in [4.69, 9.17) is 4.74 Å². The van der Waals surface area contributed by atoms with Crippen LogP contribution in [0.3, 0.4) is 0 Å². The first-order valence-corrected chi connectivity index (χ1v) is 9.84. The Balaban J connectivity index is 1.44. The van der Waals surface area contributed by atoms with Crippen LogP contribution in [0.15, 0.2) is 30.6 Å². The molecule has 8 nitrogen and oxygen atoms in total. The third kappa shape index (κ3) is 5.59. The number of benzene rings is 1. The summed E-state index contributed by atoms with van der Waals surface area (Å²) in [6.07, 6.45) is 2.79. The number of halogens is 1. The molecule has 3 rings (SSSR count). The summed E-state index contributed by atoms with van der Waals surface area (Å²) in [6.45, 7) is 3.11. The summed E-state index contributed by atoms with van der Waals surface area (Å²) in [5, 5.41) is 21.5. The predicted octanol–water partition coefficient (Wildman–Crippen LogP) is 0.749. The highest BCUT2D eigenvalue weighted by Gasteiger charge is 2.39. The van der Waals surface area contributed by atoms with Crippen molar-refractivity contribution in [3.05, 3.63) is 47.8 Å². The summed E-state index contributed by atoms with van der Waals surface area (Å²) < 4.78 is 20.8. The zero-order valence-corrected chi connectivity index (χ0v) is 16.7. The molecule has 0 saturated carbocycles. The van der Waals surface area contributed by atoms with E-state index in [0.29, 0.717) is 64.2 Å². The first-order valence-electron chi connectivity index (χ1n) is 9.84. The van der Waals surface area contributed by atoms with Crippen molar-refractivity contribution in [3.8, 4) is 0 Å². The molecule has 0 aliphatic carbocycles. The van der Waals surface area contributed by atoms with Crippen LogP contribution >= 0.6 is 0 Å². The molecule has 1 aliphatic rings. The second kappa shape index (κ2) is 9.91. The molecule has 158 valence electrons. The minimum absolute atomic E-state index is 0.232. The lowest BCUT2D eigenvalue weighted by Gasteiger charge is -2.37. The lowest BCUT2D eigenvalue weighted by molar-refractivity contribution is -0.144. The fourth-order valence-electron chi connectivity index (χ4n) is 3.48. The van der Waals surface area contributed by atoms with E-state index in [2.05, 4.69) is 20.4 Å². The van der Waals surface area contributed by atoms with Crippen LogP contribution in [0.25, 0.3) is 0 Å². The van der Waals surface area contributed by atoms with Gasteiger partial charge in [0.1, 0.15) is 23.6 Å². The number of methoxy groups -OCH3 is 1. The van der Waals surface area contributed by atoms with Crippen LogP contribution in [0.1, 0.15) is 24.2 Å². The van der Waals surface area contributed by atoms with E-state index >= 15 is 0 Å². The topological polar surface area (TPSA) is 92.5 Å². The Morgan fingerprint density at radius 2 is 2.10 bits per heavy atom. The van der Waals surface area contributed by atoms with Crippen LogP contribution in [0.5, 0.6) is 0 Å². The van der Waals surface area contributed by atoms with Crippen LogP contribution in [-0.2, 0) is 29.0 Å². The van der Waals surface area contributed by atoms with Gasteiger partial charge >= 0.3 is 0 Å². The van der Waals surface area contributed by atoms with Gasteiger partial charge in [-0.15, -0.1) is 10.2 Å². The Morgan fingerprint density at radius 1 is 1.34 bits per heavy atom. The summed E-state index contributed by atoms with van der Waals surface area (Å²) in [7, 11) is 1.63. The molecule has 29 heavy (non-hydrogen) atoms. The highest BCUT2D eigenvalue weighted by molar-refractivity contribution is 5.85. The summed E-state index contributed by atoms with van der Waals surface area (Å²) in [4.78, 5) is 14.6. The largest absolute Gasteiger partial charge is 0.383 e. The number of amides is 1. The molecule has 0 spiro atoms. The van der Waals surface area contributed by atoms with Gasteiger partial charge in [-0.2, -0.15) is 0 Å². The molecule has 0 atom stereocenters. The molecule has 1 amide bonds. The van der Waals surface area contributed by atoms with E-state index in [9.17, 15) is 14.3 Å². The maximum absolute atomic E-state index is 13.8. The van der Waals surface area contributed by atoms with E-state index in [1.807, 2.05) is 10.6 Å². The lowest BCUT2D eigenvalue weighted by Crippen LogP contribution is -2.54. The molecular weight excluding hydrogens is 377 g/mol. The number of ether oxygens (including phenoxy) is 1. The monoisotopic (exact) mass is 405 g/mol. The number of hydrogen-bond donors (Lipinski definition) is 2. The average Bonchev–Trinajstić information content (AvgIpc) is 3.17. The predicted molar refractivity (Wildman–Crippen MR) is 104 cm³/mol. The van der Waals surface area contributed by atoms with Crippen molar-refractivity contribution in [3.63, 3.8) is 0 Å². The maximum Gasteiger partial charge on any atom is 0.252 e. The van der Waals surface area contributed by atoms with E-state index < -0.39 is 5.60 Å². The van der Waals surface area contributed by atoms with Crippen LogP contribution in [-0.4, -0.2) is 69.6 Å². The van der Waals surface area contributed by atoms with E-state index in [1.54, 1.807) is 25.6 Å². The molecule has 1 aliphatic heterocycles. The number of nitrogens with one attached hydrogen (secondary N) is 1. The summed E-state index contributed by atoms with van der Waals surface area (Å²) in [5.74, 6) is 0.157. The van der Waals surface area contributed by atoms with Crippen molar-refractivity contribution in [1.29, 1.82) is 0 Å². The van der Waals surface area contributed by atoms with E-state index in [-0.39, 0.29) is 11.7 Å². The van der Waals surface area contributed by atoms with Crippen molar-refractivity contribution in [2.24, 2.45) is 0 Å². The molecule has 2 N–H and O–H groups in total. The SMILES string of the molecule is COCCn1cnnc1CCNC(=O)C1(O)CCN(Cc2ccccc2F)CC1. The molecule has 2 heterocycles. The molecule has 0 radical (unpaired) electrons. The van der Waals surface area contributed by atoms with Gasteiger partial charge in [-0.1, -0.05) is 18.2 Å². The van der Waals surface area contributed by atoms with Gasteiger partial charge < -0.3 is 19.7 Å². The third-order valence-electron chi connectivity index (χ3n) is 5.32. The summed E-state index contributed by atoms with van der Waals surface area (Å²) in [6, 6.07) is 6.67. The minimum atomic E-state index is -1.39. The molecule has 2 aromatic rings. The molecule has 0 unspecified atom stereocenters. The zero-order valence-electron chi connectivity index (χ0n) is 16.7. The molecule has 1 saturated heterocycles. The zero-order chi connectivity index (χ0) is 20.7. The third-order valence-corrected chi connectivity index (χ3v) is 5.32. The smallest absolute Gasteiger partial charge is 0.252 e. The van der Waals surface area contributed by atoms with E-state index in [1.165, 1.54) is 6.07 Å². The fourth-order valence-corrected chi connectivity index (χ4v) is 3.48. The van der Waals surface area contributed by atoms with E-state index in [0.717, 1.165) is 5.82 Å². The first-order chi connectivity index (χ1) is 14.0. The van der Waals surface area contributed by atoms with Gasteiger partial charge in [0.25, 0.3) is 5.91 Å². The van der Waals surface area contributed by atoms with Crippen LogP contribution < -0.4 is 5.32 Å². The van der Waals surface area contributed by atoms with Gasteiger partial charge in [0.2, 0.25) is 0 Å². The Kier molecular flexibility index (Phi) is 7.29. The first kappa shape index (κ1) is 21.4. The van der Waals surface area contributed by atoms with Crippen molar-refractivity contribution < 1.29 is 19.0 Å². The molecular formula is C20H28FN5O3. The van der Waals surface area contributed by atoms with Crippen LogP contribution in [0.2, 0.25) is 0 Å². The number of rotatable bonds is 9. The second-order valence-electron chi connectivity index (χ2n) is 7.34. The lowest BCUT2D eigenvalue weighted by atomic mass is 9.90. The highest BCUT2D eigenvalue weighted by atomic mass is 19.1. The van der Waals surface area contributed by atoms with Crippen molar-refractivity contribution in [1.82, 2.24) is 25.0 Å². The second-order valence-corrected chi connectivity index (χ2v) is 7.34. The number of aliphatic hydroxyl groups is 1. The number of carbonyl (C=O) groups is 1. The fraction of sp³-hybridized carbons (Fsp3) is 0.550. The summed E-state index contributed by atoms with van der Waals surface area (Å²) in [5.41, 5.74) is -0.768. The minimum Gasteiger partial charge on any atom is -0.383 e. The Bertz CT molecular complexity index is 805. The number of aromatic nitrogens is 3. The molecule has 1 aromatic heterocycles. The van der Waals surface area contributed by atoms with Gasteiger partial charge in [-0.25, -0.2) is 4.39 Å². The van der Waals surface area contributed by atoms with Crippen molar-refractivity contribution >= 4 is 5.91 Å². The van der Waals surface area contributed by atoms with Gasteiger partial charge in [-0.3, -0.25) is 9.69 Å². The van der Waals surface area contributed by atoms with Crippen LogP contribution in [0, 0.1) is 5.82 Å². The number of piperidine rings is 1. The van der Waals surface area contributed by atoms with Crippen molar-refractivity contribution in [2.75, 3.05) is 33.4 Å².